The summed E-state index contributed by atoms with van der Waals surface area (Å²) in [4.78, 5) is 23.7. The molecule has 0 aromatic rings. The highest BCUT2D eigenvalue weighted by atomic mass is 16.3. The SMILES string of the molecule is O=C(/C=C/C1CCC(O)CC1)CC(=O)/C=C/C1CCC(O)CC1. The summed E-state index contributed by atoms with van der Waals surface area (Å²) in [5.41, 5.74) is 0. The number of carbonyl (C=O) groups is 2. The Morgan fingerprint density at radius 2 is 1.04 bits per heavy atom. The predicted octanol–water partition coefficient (Wildman–Crippen LogP) is 2.73. The van der Waals surface area contributed by atoms with Gasteiger partial charge in [0.05, 0.1) is 18.6 Å². The highest BCUT2D eigenvalue weighted by molar-refractivity contribution is 6.08. The van der Waals surface area contributed by atoms with Crippen LogP contribution in [0.4, 0.5) is 0 Å². The van der Waals surface area contributed by atoms with E-state index in [0.29, 0.717) is 11.8 Å². The maximum absolute atomic E-state index is 11.8. The first kappa shape index (κ1) is 18.1. The van der Waals surface area contributed by atoms with E-state index in [0.717, 1.165) is 51.4 Å². The van der Waals surface area contributed by atoms with Gasteiger partial charge in [-0.25, -0.2) is 0 Å². The van der Waals surface area contributed by atoms with E-state index in [1.165, 1.54) is 12.2 Å². The Kier molecular flexibility index (Phi) is 7.18. The van der Waals surface area contributed by atoms with Crippen molar-refractivity contribution >= 4 is 11.6 Å². The highest BCUT2D eigenvalue weighted by Gasteiger charge is 2.18. The number of rotatable bonds is 6. The molecule has 23 heavy (non-hydrogen) atoms. The van der Waals surface area contributed by atoms with Gasteiger partial charge < -0.3 is 10.2 Å². The zero-order chi connectivity index (χ0) is 16.7. The molecule has 0 bridgehead atoms. The van der Waals surface area contributed by atoms with Crippen LogP contribution in [0.2, 0.25) is 0 Å². The summed E-state index contributed by atoms with van der Waals surface area (Å²) < 4.78 is 0. The van der Waals surface area contributed by atoms with E-state index in [9.17, 15) is 19.8 Å². The molecule has 2 N–H and O–H groups in total. The number of ketones is 2. The Bertz CT molecular complexity index is 408. The van der Waals surface area contributed by atoms with Gasteiger partial charge >= 0.3 is 0 Å². The van der Waals surface area contributed by atoms with Crippen molar-refractivity contribution in [1.29, 1.82) is 0 Å². The predicted molar refractivity (Wildman–Crippen MR) is 88.8 cm³/mol. The average Bonchev–Trinajstić information content (AvgIpc) is 2.54. The zero-order valence-corrected chi connectivity index (χ0v) is 13.7. The quantitative estimate of drug-likeness (QED) is 0.583. The van der Waals surface area contributed by atoms with Crippen molar-refractivity contribution in [2.24, 2.45) is 11.8 Å². The first-order chi connectivity index (χ1) is 11.0. The van der Waals surface area contributed by atoms with Crippen LogP contribution >= 0.6 is 0 Å². The van der Waals surface area contributed by atoms with E-state index in [-0.39, 0.29) is 30.2 Å². The molecular weight excluding hydrogens is 292 g/mol. The Hall–Kier alpha value is -1.26. The molecular formula is C19H28O4. The summed E-state index contributed by atoms with van der Waals surface area (Å²) in [6.45, 7) is 0. The molecule has 0 aromatic carbocycles. The fourth-order valence-corrected chi connectivity index (χ4v) is 3.36. The van der Waals surface area contributed by atoms with Crippen LogP contribution in [0.15, 0.2) is 24.3 Å². The van der Waals surface area contributed by atoms with Crippen molar-refractivity contribution in [3.63, 3.8) is 0 Å². The van der Waals surface area contributed by atoms with Crippen LogP contribution in [0, 0.1) is 11.8 Å². The minimum absolute atomic E-state index is 0.0717. The maximum atomic E-state index is 11.8. The second-order valence-corrected chi connectivity index (χ2v) is 6.96. The van der Waals surface area contributed by atoms with Crippen LogP contribution in [-0.2, 0) is 9.59 Å². The van der Waals surface area contributed by atoms with Crippen LogP contribution in [0.5, 0.6) is 0 Å². The summed E-state index contributed by atoms with van der Waals surface area (Å²) >= 11 is 0. The maximum Gasteiger partial charge on any atom is 0.163 e. The third kappa shape index (κ3) is 6.80. The number of hydrogen-bond acceptors (Lipinski definition) is 4. The second-order valence-electron chi connectivity index (χ2n) is 6.96. The third-order valence-corrected chi connectivity index (χ3v) is 4.94. The zero-order valence-electron chi connectivity index (χ0n) is 13.7. The van der Waals surface area contributed by atoms with Crippen molar-refractivity contribution in [1.82, 2.24) is 0 Å². The van der Waals surface area contributed by atoms with Crippen LogP contribution in [0.1, 0.15) is 57.8 Å². The van der Waals surface area contributed by atoms with E-state index in [4.69, 9.17) is 0 Å². The molecule has 0 aromatic heterocycles. The van der Waals surface area contributed by atoms with Crippen LogP contribution < -0.4 is 0 Å². The Morgan fingerprint density at radius 3 is 1.39 bits per heavy atom. The normalized spacial score (nSPS) is 32.4. The molecule has 4 nitrogen and oxygen atoms in total. The first-order valence-electron chi connectivity index (χ1n) is 8.81. The van der Waals surface area contributed by atoms with Gasteiger partial charge in [-0.05, 0) is 75.4 Å². The summed E-state index contributed by atoms with van der Waals surface area (Å²) in [6.07, 6.45) is 13.2. The molecule has 2 aliphatic rings. The first-order valence-corrected chi connectivity index (χ1v) is 8.81. The Labute approximate surface area is 138 Å². The van der Waals surface area contributed by atoms with Crippen molar-refractivity contribution in [2.75, 3.05) is 0 Å². The van der Waals surface area contributed by atoms with Gasteiger partial charge in [-0.2, -0.15) is 0 Å². The molecule has 2 rings (SSSR count). The lowest BCUT2D eigenvalue weighted by atomic mass is 9.87. The molecule has 0 amide bonds. The third-order valence-electron chi connectivity index (χ3n) is 4.94. The topological polar surface area (TPSA) is 74.6 Å². The molecule has 2 aliphatic carbocycles. The van der Waals surface area contributed by atoms with Crippen LogP contribution in [0.25, 0.3) is 0 Å². The smallest absolute Gasteiger partial charge is 0.163 e. The molecule has 0 aliphatic heterocycles. The fourth-order valence-electron chi connectivity index (χ4n) is 3.36. The van der Waals surface area contributed by atoms with E-state index in [2.05, 4.69) is 0 Å². The Morgan fingerprint density at radius 1 is 0.696 bits per heavy atom. The minimum atomic E-state index is -0.192. The van der Waals surface area contributed by atoms with Crippen molar-refractivity contribution in [2.45, 2.75) is 70.0 Å². The summed E-state index contributed by atoms with van der Waals surface area (Å²) in [6, 6.07) is 0. The van der Waals surface area contributed by atoms with Gasteiger partial charge in [0.1, 0.15) is 0 Å². The molecule has 0 atom stereocenters. The van der Waals surface area contributed by atoms with E-state index in [1.54, 1.807) is 0 Å². The van der Waals surface area contributed by atoms with Crippen molar-refractivity contribution in [3.05, 3.63) is 24.3 Å². The number of carbonyl (C=O) groups excluding carboxylic acids is 2. The molecule has 2 fully saturated rings. The molecule has 4 heteroatoms. The standard InChI is InChI=1S/C19H28O4/c20-16-7-1-14(2-8-16)5-11-18(22)13-19(23)12-6-15-3-9-17(21)10-4-15/h5-6,11-12,14-17,20-21H,1-4,7-10,13H2/b11-5+,12-6+. The van der Waals surface area contributed by atoms with Gasteiger partial charge in [-0.3, -0.25) is 9.59 Å². The molecule has 0 saturated heterocycles. The van der Waals surface area contributed by atoms with Gasteiger partial charge in [0.2, 0.25) is 0 Å². The van der Waals surface area contributed by atoms with Crippen LogP contribution in [0.3, 0.4) is 0 Å². The Balaban J connectivity index is 1.69. The van der Waals surface area contributed by atoms with Gasteiger partial charge in [0, 0.05) is 0 Å². The number of hydrogen-bond donors (Lipinski definition) is 2. The lowest BCUT2D eigenvalue weighted by molar-refractivity contribution is -0.121. The number of allylic oxidation sites excluding steroid dienone is 4. The lowest BCUT2D eigenvalue weighted by Crippen LogP contribution is -2.17. The summed E-state index contributed by atoms with van der Waals surface area (Å²) in [7, 11) is 0. The largest absolute Gasteiger partial charge is 0.393 e. The van der Waals surface area contributed by atoms with Crippen LogP contribution in [-0.4, -0.2) is 34.0 Å². The molecule has 2 saturated carbocycles. The summed E-state index contributed by atoms with van der Waals surface area (Å²) in [5, 5.41) is 18.9. The highest BCUT2D eigenvalue weighted by Crippen LogP contribution is 2.26. The molecule has 0 heterocycles. The average molecular weight is 320 g/mol. The molecule has 128 valence electrons. The summed E-state index contributed by atoms with van der Waals surface area (Å²) in [5.74, 6) is 0.401. The molecule has 0 spiro atoms. The van der Waals surface area contributed by atoms with Crippen molar-refractivity contribution in [3.8, 4) is 0 Å². The number of aliphatic hydroxyl groups is 2. The van der Waals surface area contributed by atoms with E-state index >= 15 is 0 Å². The fraction of sp³-hybridized carbons (Fsp3) is 0.684. The number of aliphatic hydroxyl groups excluding tert-OH is 2. The van der Waals surface area contributed by atoms with Crippen molar-refractivity contribution < 1.29 is 19.8 Å². The lowest BCUT2D eigenvalue weighted by Gasteiger charge is -2.22. The van der Waals surface area contributed by atoms with Gasteiger partial charge in [-0.15, -0.1) is 0 Å². The minimum Gasteiger partial charge on any atom is -0.393 e. The second kappa shape index (κ2) is 9.14. The monoisotopic (exact) mass is 320 g/mol. The molecule has 0 unspecified atom stereocenters. The van der Waals surface area contributed by atoms with Gasteiger partial charge in [0.15, 0.2) is 11.6 Å². The molecule has 0 radical (unpaired) electrons. The van der Waals surface area contributed by atoms with E-state index in [1.807, 2.05) is 12.2 Å². The van der Waals surface area contributed by atoms with E-state index < -0.39 is 0 Å². The van der Waals surface area contributed by atoms with Gasteiger partial charge in [0.25, 0.3) is 0 Å². The van der Waals surface area contributed by atoms with Gasteiger partial charge in [-0.1, -0.05) is 12.2 Å².